The fraction of sp³-hybridized carbons (Fsp3) is 0.682. The zero-order valence-electron chi connectivity index (χ0n) is 17.1. The first-order valence-corrected chi connectivity index (χ1v) is 10.3. The minimum atomic E-state index is -0.779. The van der Waals surface area contributed by atoms with Gasteiger partial charge in [0.2, 0.25) is 0 Å². The fourth-order valence-corrected chi connectivity index (χ4v) is 3.95. The zero-order chi connectivity index (χ0) is 19.6. The van der Waals surface area contributed by atoms with Crippen LogP contribution in [0.2, 0.25) is 0 Å². The van der Waals surface area contributed by atoms with E-state index in [2.05, 4.69) is 36.2 Å². The highest BCUT2D eigenvalue weighted by atomic mass is 16.5. The number of likely N-dealkylation sites (N-methyl/N-ethyl adjacent to an activating group) is 1. The first kappa shape index (κ1) is 21.9. The molecule has 1 heterocycles. The van der Waals surface area contributed by atoms with Gasteiger partial charge in [-0.05, 0) is 82.4 Å². The van der Waals surface area contributed by atoms with Crippen molar-refractivity contribution in [2.45, 2.75) is 58.1 Å². The van der Waals surface area contributed by atoms with Gasteiger partial charge in [-0.2, -0.15) is 0 Å². The quantitative estimate of drug-likeness (QED) is 0.622. The molecule has 0 amide bonds. The Morgan fingerprint density at radius 1 is 1.30 bits per heavy atom. The number of aliphatic hydroxyl groups excluding tert-OH is 1. The van der Waals surface area contributed by atoms with E-state index in [1.54, 1.807) is 7.11 Å². The van der Waals surface area contributed by atoms with E-state index < -0.39 is 6.10 Å². The van der Waals surface area contributed by atoms with Crippen molar-refractivity contribution in [3.8, 4) is 5.75 Å². The van der Waals surface area contributed by atoms with E-state index in [1.807, 2.05) is 12.1 Å². The number of carbonyl (C=O) groups excluding carboxylic acids is 1. The van der Waals surface area contributed by atoms with Crippen LogP contribution in [0.5, 0.6) is 5.75 Å². The second kappa shape index (κ2) is 11.4. The number of benzene rings is 1. The molecule has 5 nitrogen and oxygen atoms in total. The van der Waals surface area contributed by atoms with Crippen molar-refractivity contribution in [3.05, 3.63) is 29.8 Å². The minimum absolute atomic E-state index is 0.0146. The summed E-state index contributed by atoms with van der Waals surface area (Å²) in [6, 6.07) is 8.63. The van der Waals surface area contributed by atoms with Gasteiger partial charge in [-0.1, -0.05) is 19.1 Å². The lowest BCUT2D eigenvalue weighted by atomic mass is 9.88. The number of methoxy groups -OCH3 is 1. The highest BCUT2D eigenvalue weighted by Crippen LogP contribution is 2.19. The van der Waals surface area contributed by atoms with E-state index in [4.69, 9.17) is 4.74 Å². The Kier molecular flexibility index (Phi) is 9.25. The molecule has 152 valence electrons. The standard InChI is InChI=1S/C22H36N2O3/c1-4-24(17(2)16-18-7-9-20(27-3)10-8-18)15-5-6-21(25)22(26)19-11-13-23-14-12-19/h7-10,17,19,22-23,26H,4-6,11-16H2,1-3H3. The molecule has 1 aromatic rings. The molecule has 2 atom stereocenters. The van der Waals surface area contributed by atoms with Gasteiger partial charge in [0.15, 0.2) is 5.78 Å². The van der Waals surface area contributed by atoms with Crippen molar-refractivity contribution >= 4 is 5.78 Å². The molecule has 0 radical (unpaired) electrons. The molecule has 1 aliphatic rings. The number of aliphatic hydroxyl groups is 1. The zero-order valence-corrected chi connectivity index (χ0v) is 17.1. The van der Waals surface area contributed by atoms with Gasteiger partial charge in [-0.3, -0.25) is 4.79 Å². The normalized spacial score (nSPS) is 17.7. The highest BCUT2D eigenvalue weighted by molar-refractivity contribution is 5.83. The topological polar surface area (TPSA) is 61.8 Å². The van der Waals surface area contributed by atoms with Crippen LogP contribution in [0.25, 0.3) is 0 Å². The molecule has 1 fully saturated rings. The van der Waals surface area contributed by atoms with Gasteiger partial charge >= 0.3 is 0 Å². The second-order valence-electron chi connectivity index (χ2n) is 7.63. The molecule has 0 saturated carbocycles. The maximum absolute atomic E-state index is 12.3. The van der Waals surface area contributed by atoms with Gasteiger partial charge in [0, 0.05) is 12.5 Å². The predicted molar refractivity (Wildman–Crippen MR) is 109 cm³/mol. The Morgan fingerprint density at radius 3 is 2.56 bits per heavy atom. The molecule has 1 aromatic carbocycles. The summed E-state index contributed by atoms with van der Waals surface area (Å²) in [5, 5.41) is 13.6. The summed E-state index contributed by atoms with van der Waals surface area (Å²) in [5.74, 6) is 1.03. The highest BCUT2D eigenvalue weighted by Gasteiger charge is 2.27. The molecular weight excluding hydrogens is 340 g/mol. The largest absolute Gasteiger partial charge is 0.497 e. The van der Waals surface area contributed by atoms with E-state index in [-0.39, 0.29) is 11.7 Å². The Bertz CT molecular complexity index is 555. The lowest BCUT2D eigenvalue weighted by molar-refractivity contribution is -0.130. The van der Waals surface area contributed by atoms with Gasteiger partial charge in [-0.25, -0.2) is 0 Å². The third-order valence-corrected chi connectivity index (χ3v) is 5.75. The van der Waals surface area contributed by atoms with Crippen LogP contribution in [0.4, 0.5) is 0 Å². The summed E-state index contributed by atoms with van der Waals surface area (Å²) >= 11 is 0. The summed E-state index contributed by atoms with van der Waals surface area (Å²) in [4.78, 5) is 14.7. The molecule has 2 rings (SSSR count). The summed E-state index contributed by atoms with van der Waals surface area (Å²) in [6.07, 6.45) is 3.26. The Labute approximate surface area is 164 Å². The third-order valence-electron chi connectivity index (χ3n) is 5.75. The van der Waals surface area contributed by atoms with Gasteiger partial charge in [0.05, 0.1) is 7.11 Å². The van der Waals surface area contributed by atoms with Crippen molar-refractivity contribution in [1.82, 2.24) is 10.2 Å². The monoisotopic (exact) mass is 376 g/mol. The average molecular weight is 377 g/mol. The van der Waals surface area contributed by atoms with E-state index in [0.717, 1.165) is 57.6 Å². The number of hydrogen-bond donors (Lipinski definition) is 2. The smallest absolute Gasteiger partial charge is 0.161 e. The Balaban J connectivity index is 1.75. The predicted octanol–water partition coefficient (Wildman–Crippen LogP) is 2.66. The molecule has 2 unspecified atom stereocenters. The van der Waals surface area contributed by atoms with Crippen molar-refractivity contribution in [3.63, 3.8) is 0 Å². The Hall–Kier alpha value is -1.43. The van der Waals surface area contributed by atoms with Crippen molar-refractivity contribution in [2.75, 3.05) is 33.3 Å². The molecule has 0 spiro atoms. The Morgan fingerprint density at radius 2 is 1.96 bits per heavy atom. The maximum atomic E-state index is 12.3. The van der Waals surface area contributed by atoms with E-state index in [9.17, 15) is 9.90 Å². The molecule has 2 N–H and O–H groups in total. The molecule has 1 saturated heterocycles. The lowest BCUT2D eigenvalue weighted by Crippen LogP contribution is -2.39. The van der Waals surface area contributed by atoms with Gasteiger partial charge in [0.25, 0.3) is 0 Å². The SMILES string of the molecule is CCN(CCCC(=O)C(O)C1CCNCC1)C(C)Cc1ccc(OC)cc1. The van der Waals surface area contributed by atoms with Gasteiger partial charge < -0.3 is 20.1 Å². The van der Waals surface area contributed by atoms with Crippen molar-refractivity contribution < 1.29 is 14.6 Å². The number of ether oxygens (including phenoxy) is 1. The fourth-order valence-electron chi connectivity index (χ4n) is 3.95. The molecule has 0 bridgehead atoms. The number of ketones is 1. The van der Waals surface area contributed by atoms with Crippen LogP contribution in [0.15, 0.2) is 24.3 Å². The number of Topliss-reactive ketones (excluding diaryl/α,β-unsaturated/α-hetero) is 1. The molecule has 0 aromatic heterocycles. The van der Waals surface area contributed by atoms with Crippen LogP contribution in [-0.2, 0) is 11.2 Å². The molecule has 0 aliphatic carbocycles. The number of nitrogens with one attached hydrogen (secondary N) is 1. The summed E-state index contributed by atoms with van der Waals surface area (Å²) in [7, 11) is 1.68. The molecular formula is C22H36N2O3. The van der Waals surface area contributed by atoms with Crippen molar-refractivity contribution in [1.29, 1.82) is 0 Å². The number of hydrogen-bond acceptors (Lipinski definition) is 5. The number of piperidine rings is 1. The molecule has 27 heavy (non-hydrogen) atoms. The van der Waals surface area contributed by atoms with Crippen LogP contribution >= 0.6 is 0 Å². The first-order chi connectivity index (χ1) is 13.0. The summed E-state index contributed by atoms with van der Waals surface area (Å²) in [5.41, 5.74) is 1.29. The number of nitrogens with zero attached hydrogens (tertiary/aromatic N) is 1. The number of carbonyl (C=O) groups is 1. The van der Waals surface area contributed by atoms with Gasteiger partial charge in [0.1, 0.15) is 11.9 Å². The number of rotatable bonds is 11. The average Bonchev–Trinajstić information content (AvgIpc) is 2.71. The molecule has 1 aliphatic heterocycles. The third kappa shape index (κ3) is 6.91. The first-order valence-electron chi connectivity index (χ1n) is 10.3. The van der Waals surface area contributed by atoms with Crippen LogP contribution in [-0.4, -0.2) is 61.2 Å². The van der Waals surface area contributed by atoms with E-state index >= 15 is 0 Å². The van der Waals surface area contributed by atoms with Crippen LogP contribution in [0.3, 0.4) is 0 Å². The van der Waals surface area contributed by atoms with Crippen LogP contribution in [0.1, 0.15) is 45.1 Å². The van der Waals surface area contributed by atoms with Crippen LogP contribution < -0.4 is 10.1 Å². The van der Waals surface area contributed by atoms with E-state index in [1.165, 1.54) is 5.56 Å². The summed E-state index contributed by atoms with van der Waals surface area (Å²) in [6.45, 7) is 8.06. The van der Waals surface area contributed by atoms with E-state index in [0.29, 0.717) is 12.5 Å². The minimum Gasteiger partial charge on any atom is -0.497 e. The molecule has 5 heteroatoms. The maximum Gasteiger partial charge on any atom is 0.161 e. The lowest BCUT2D eigenvalue weighted by Gasteiger charge is -2.29. The van der Waals surface area contributed by atoms with Crippen molar-refractivity contribution in [2.24, 2.45) is 5.92 Å². The van der Waals surface area contributed by atoms with Gasteiger partial charge in [-0.15, -0.1) is 0 Å². The van der Waals surface area contributed by atoms with Crippen LogP contribution in [0, 0.1) is 5.92 Å². The summed E-state index contributed by atoms with van der Waals surface area (Å²) < 4.78 is 5.22. The second-order valence-corrected chi connectivity index (χ2v) is 7.63.